The first kappa shape index (κ1) is 17.0. The standard InChI is InChI=1S/C16H24N2O3S/c1-12-10-15(14-8-6-5-7-9-14)13(2)18(12)16(19)11-17(3)22(4,20)21/h5-9,12-13,15H,10-11H2,1-4H3/t12-,13-,15+/m1/s1. The Hall–Kier alpha value is -1.40. The maximum Gasteiger partial charge on any atom is 0.238 e. The van der Waals surface area contributed by atoms with Gasteiger partial charge in [0.25, 0.3) is 0 Å². The molecule has 3 atom stereocenters. The second-order valence-corrected chi connectivity index (χ2v) is 8.25. The molecule has 1 aliphatic heterocycles. The summed E-state index contributed by atoms with van der Waals surface area (Å²) in [5.41, 5.74) is 1.23. The summed E-state index contributed by atoms with van der Waals surface area (Å²) in [5.74, 6) is 0.162. The van der Waals surface area contributed by atoms with Crippen LogP contribution in [0.15, 0.2) is 30.3 Å². The van der Waals surface area contributed by atoms with Gasteiger partial charge in [-0.25, -0.2) is 8.42 Å². The maximum atomic E-state index is 12.5. The van der Waals surface area contributed by atoms with E-state index in [1.165, 1.54) is 12.6 Å². The highest BCUT2D eigenvalue weighted by Gasteiger charge is 2.40. The molecule has 1 aromatic rings. The number of benzene rings is 1. The van der Waals surface area contributed by atoms with E-state index in [-0.39, 0.29) is 24.5 Å². The Morgan fingerprint density at radius 1 is 1.27 bits per heavy atom. The first-order valence-corrected chi connectivity index (χ1v) is 9.34. The van der Waals surface area contributed by atoms with Gasteiger partial charge in [-0.3, -0.25) is 4.79 Å². The number of likely N-dealkylation sites (N-methyl/N-ethyl adjacent to an activating group) is 1. The Bertz CT molecular complexity index is 630. The van der Waals surface area contributed by atoms with Crippen LogP contribution in [0.25, 0.3) is 0 Å². The molecule has 0 saturated carbocycles. The lowest BCUT2D eigenvalue weighted by Gasteiger charge is -2.29. The summed E-state index contributed by atoms with van der Waals surface area (Å²) in [7, 11) is -1.90. The number of carbonyl (C=O) groups excluding carboxylic acids is 1. The number of carbonyl (C=O) groups is 1. The highest BCUT2D eigenvalue weighted by molar-refractivity contribution is 7.88. The van der Waals surface area contributed by atoms with Gasteiger partial charge in [0.2, 0.25) is 15.9 Å². The molecule has 0 spiro atoms. The van der Waals surface area contributed by atoms with Gasteiger partial charge in [0, 0.05) is 25.0 Å². The molecule has 1 heterocycles. The lowest BCUT2D eigenvalue weighted by Crippen LogP contribution is -2.45. The van der Waals surface area contributed by atoms with E-state index >= 15 is 0 Å². The molecule has 1 fully saturated rings. The number of likely N-dealkylation sites (tertiary alicyclic amines) is 1. The van der Waals surface area contributed by atoms with Crippen LogP contribution in [0, 0.1) is 0 Å². The number of amides is 1. The van der Waals surface area contributed by atoms with Gasteiger partial charge < -0.3 is 4.90 Å². The van der Waals surface area contributed by atoms with Gasteiger partial charge >= 0.3 is 0 Å². The quantitative estimate of drug-likeness (QED) is 0.846. The molecule has 1 aliphatic rings. The van der Waals surface area contributed by atoms with E-state index in [2.05, 4.69) is 12.1 Å². The number of rotatable bonds is 4. The minimum Gasteiger partial charge on any atom is -0.336 e. The van der Waals surface area contributed by atoms with E-state index < -0.39 is 10.0 Å². The number of sulfonamides is 1. The van der Waals surface area contributed by atoms with E-state index in [9.17, 15) is 13.2 Å². The van der Waals surface area contributed by atoms with Crippen molar-refractivity contribution in [1.82, 2.24) is 9.21 Å². The molecule has 1 saturated heterocycles. The van der Waals surface area contributed by atoms with Gasteiger partial charge in [0.1, 0.15) is 0 Å². The molecule has 0 aliphatic carbocycles. The Morgan fingerprint density at radius 3 is 2.41 bits per heavy atom. The first-order valence-electron chi connectivity index (χ1n) is 7.49. The summed E-state index contributed by atoms with van der Waals surface area (Å²) in [4.78, 5) is 14.4. The molecular formula is C16H24N2O3S. The van der Waals surface area contributed by atoms with Crippen molar-refractivity contribution in [3.05, 3.63) is 35.9 Å². The Kier molecular flexibility index (Phi) is 4.92. The fraction of sp³-hybridized carbons (Fsp3) is 0.562. The van der Waals surface area contributed by atoms with Crippen molar-refractivity contribution in [3.63, 3.8) is 0 Å². The van der Waals surface area contributed by atoms with E-state index in [0.29, 0.717) is 5.92 Å². The highest BCUT2D eigenvalue weighted by atomic mass is 32.2. The van der Waals surface area contributed by atoms with Gasteiger partial charge in [-0.05, 0) is 25.8 Å². The average molecular weight is 324 g/mol. The third kappa shape index (κ3) is 3.50. The van der Waals surface area contributed by atoms with Gasteiger partial charge in [0.15, 0.2) is 0 Å². The first-order chi connectivity index (χ1) is 10.2. The maximum absolute atomic E-state index is 12.5. The van der Waals surface area contributed by atoms with Crippen molar-refractivity contribution >= 4 is 15.9 Å². The SMILES string of the molecule is C[C@@H]1C[C@H](c2ccccc2)[C@@H](C)N1C(=O)CN(C)S(C)(=O)=O. The van der Waals surface area contributed by atoms with Crippen molar-refractivity contribution in [2.45, 2.75) is 38.3 Å². The van der Waals surface area contributed by atoms with Crippen LogP contribution < -0.4 is 0 Å². The molecule has 0 bridgehead atoms. The Labute approximate surface area is 133 Å². The van der Waals surface area contributed by atoms with Crippen LogP contribution in [0.2, 0.25) is 0 Å². The number of hydrogen-bond donors (Lipinski definition) is 0. The summed E-state index contributed by atoms with van der Waals surface area (Å²) >= 11 is 0. The fourth-order valence-corrected chi connectivity index (χ4v) is 3.60. The van der Waals surface area contributed by atoms with E-state index in [1.807, 2.05) is 36.9 Å². The van der Waals surface area contributed by atoms with Crippen molar-refractivity contribution in [1.29, 1.82) is 0 Å². The zero-order valence-corrected chi connectivity index (χ0v) is 14.4. The normalized spacial score (nSPS) is 25.7. The van der Waals surface area contributed by atoms with Gasteiger partial charge in [0.05, 0.1) is 12.8 Å². The Morgan fingerprint density at radius 2 is 1.86 bits per heavy atom. The highest BCUT2D eigenvalue weighted by Crippen LogP contribution is 2.37. The number of nitrogens with zero attached hydrogens (tertiary/aromatic N) is 2. The number of hydrogen-bond acceptors (Lipinski definition) is 3. The zero-order valence-electron chi connectivity index (χ0n) is 13.6. The molecule has 122 valence electrons. The predicted octanol–water partition coefficient (Wildman–Crippen LogP) is 1.67. The fourth-order valence-electron chi connectivity index (χ4n) is 3.25. The van der Waals surface area contributed by atoms with Gasteiger partial charge in [-0.2, -0.15) is 4.31 Å². The summed E-state index contributed by atoms with van der Waals surface area (Å²) in [5, 5.41) is 0. The predicted molar refractivity (Wildman–Crippen MR) is 87.0 cm³/mol. The second-order valence-electron chi connectivity index (χ2n) is 6.16. The van der Waals surface area contributed by atoms with Crippen molar-refractivity contribution in [3.8, 4) is 0 Å². The van der Waals surface area contributed by atoms with Gasteiger partial charge in [-0.15, -0.1) is 0 Å². The van der Waals surface area contributed by atoms with Crippen LogP contribution in [0.5, 0.6) is 0 Å². The second kappa shape index (κ2) is 6.38. The van der Waals surface area contributed by atoms with Crippen LogP contribution in [-0.4, -0.2) is 55.5 Å². The van der Waals surface area contributed by atoms with Crippen LogP contribution in [0.1, 0.15) is 31.7 Å². The van der Waals surface area contributed by atoms with E-state index in [1.54, 1.807) is 0 Å². The van der Waals surface area contributed by atoms with Crippen LogP contribution in [-0.2, 0) is 14.8 Å². The molecule has 0 aromatic heterocycles. The zero-order chi connectivity index (χ0) is 16.5. The van der Waals surface area contributed by atoms with Gasteiger partial charge in [-0.1, -0.05) is 30.3 Å². The molecule has 2 rings (SSSR count). The summed E-state index contributed by atoms with van der Waals surface area (Å²) in [6.07, 6.45) is 2.02. The molecule has 1 aromatic carbocycles. The molecule has 0 radical (unpaired) electrons. The molecule has 22 heavy (non-hydrogen) atoms. The molecule has 0 unspecified atom stereocenters. The lowest BCUT2D eigenvalue weighted by atomic mass is 9.92. The minimum absolute atomic E-state index is 0.0675. The molecular weight excluding hydrogens is 300 g/mol. The smallest absolute Gasteiger partial charge is 0.238 e. The third-order valence-electron chi connectivity index (χ3n) is 4.53. The molecule has 5 nitrogen and oxygen atoms in total. The van der Waals surface area contributed by atoms with Crippen LogP contribution in [0.3, 0.4) is 0 Å². The topological polar surface area (TPSA) is 57.7 Å². The lowest BCUT2D eigenvalue weighted by molar-refractivity contribution is -0.133. The summed E-state index contributed by atoms with van der Waals surface area (Å²) < 4.78 is 24.1. The minimum atomic E-state index is -3.34. The van der Waals surface area contributed by atoms with Crippen molar-refractivity contribution in [2.75, 3.05) is 19.8 Å². The molecule has 0 N–H and O–H groups in total. The Balaban J connectivity index is 2.14. The molecule has 6 heteroatoms. The van der Waals surface area contributed by atoms with Crippen LogP contribution >= 0.6 is 0 Å². The monoisotopic (exact) mass is 324 g/mol. The van der Waals surface area contributed by atoms with E-state index in [4.69, 9.17) is 0 Å². The largest absolute Gasteiger partial charge is 0.336 e. The van der Waals surface area contributed by atoms with Crippen LogP contribution in [0.4, 0.5) is 0 Å². The summed E-state index contributed by atoms with van der Waals surface area (Å²) in [6, 6.07) is 10.4. The summed E-state index contributed by atoms with van der Waals surface area (Å²) in [6.45, 7) is 3.96. The van der Waals surface area contributed by atoms with Crippen molar-refractivity contribution < 1.29 is 13.2 Å². The average Bonchev–Trinajstić information content (AvgIpc) is 2.74. The van der Waals surface area contributed by atoms with Crippen molar-refractivity contribution in [2.24, 2.45) is 0 Å². The molecule has 1 amide bonds. The van der Waals surface area contributed by atoms with E-state index in [0.717, 1.165) is 17.0 Å². The third-order valence-corrected chi connectivity index (χ3v) is 5.79.